The summed E-state index contributed by atoms with van der Waals surface area (Å²) in [7, 11) is 0. The number of nitrogens with one attached hydrogen (secondary N) is 2. The summed E-state index contributed by atoms with van der Waals surface area (Å²) in [6, 6.07) is 9.68. The van der Waals surface area contributed by atoms with Gasteiger partial charge in [0, 0.05) is 19.5 Å². The molecule has 3 rings (SSSR count). The van der Waals surface area contributed by atoms with E-state index in [4.69, 9.17) is 4.52 Å². The summed E-state index contributed by atoms with van der Waals surface area (Å²) in [6.07, 6.45) is 1.06. The highest BCUT2D eigenvalue weighted by Crippen LogP contribution is 2.08. The van der Waals surface area contributed by atoms with Gasteiger partial charge in [0.1, 0.15) is 0 Å². The van der Waals surface area contributed by atoms with E-state index >= 15 is 0 Å². The van der Waals surface area contributed by atoms with Crippen molar-refractivity contribution in [2.24, 2.45) is 0 Å². The number of hydrogen-bond acceptors (Lipinski definition) is 5. The predicted octanol–water partition coefficient (Wildman–Crippen LogP) is 0.291. The molecule has 0 spiro atoms. The fourth-order valence-corrected chi connectivity index (χ4v) is 2.21. The second-order valence-corrected chi connectivity index (χ2v) is 4.77. The van der Waals surface area contributed by atoms with Gasteiger partial charge in [-0.15, -0.1) is 0 Å². The van der Waals surface area contributed by atoms with Crippen LogP contribution in [0.2, 0.25) is 0 Å². The van der Waals surface area contributed by atoms with Crippen LogP contribution in [0.3, 0.4) is 0 Å². The zero-order chi connectivity index (χ0) is 13.8. The van der Waals surface area contributed by atoms with Crippen molar-refractivity contribution >= 4 is 5.91 Å². The monoisotopic (exact) mass is 272 g/mol. The minimum atomic E-state index is -0.284. The third-order valence-corrected chi connectivity index (χ3v) is 3.23. The molecule has 1 atom stereocenters. The van der Waals surface area contributed by atoms with E-state index in [1.807, 2.05) is 30.3 Å². The third-order valence-electron chi connectivity index (χ3n) is 3.23. The van der Waals surface area contributed by atoms with Gasteiger partial charge in [-0.3, -0.25) is 4.79 Å². The third kappa shape index (κ3) is 3.03. The molecule has 20 heavy (non-hydrogen) atoms. The lowest BCUT2D eigenvalue weighted by Crippen LogP contribution is -2.53. The van der Waals surface area contributed by atoms with Crippen LogP contribution in [0.15, 0.2) is 34.9 Å². The van der Waals surface area contributed by atoms with E-state index in [0.717, 1.165) is 12.1 Å². The van der Waals surface area contributed by atoms with Gasteiger partial charge in [-0.05, 0) is 5.56 Å². The second kappa shape index (κ2) is 5.83. The molecule has 104 valence electrons. The summed E-state index contributed by atoms with van der Waals surface area (Å²) in [5, 5.41) is 9.90. The maximum Gasteiger partial charge on any atom is 0.237 e. The Labute approximate surface area is 116 Å². The molecule has 1 unspecified atom stereocenters. The van der Waals surface area contributed by atoms with Gasteiger partial charge >= 0.3 is 0 Å². The SMILES string of the molecule is O=C1NCCNC1Cc1nc(Cc2ccccc2)no1. The summed E-state index contributed by atoms with van der Waals surface area (Å²) in [5.41, 5.74) is 1.13. The Morgan fingerprint density at radius 3 is 2.90 bits per heavy atom. The van der Waals surface area contributed by atoms with E-state index in [0.29, 0.717) is 31.1 Å². The molecule has 0 aliphatic carbocycles. The molecule has 2 heterocycles. The summed E-state index contributed by atoms with van der Waals surface area (Å²) >= 11 is 0. The molecule has 1 fully saturated rings. The lowest BCUT2D eigenvalue weighted by atomic mass is 10.1. The first-order valence-corrected chi connectivity index (χ1v) is 6.68. The molecule has 6 nitrogen and oxygen atoms in total. The molecule has 2 N–H and O–H groups in total. The minimum Gasteiger partial charge on any atom is -0.353 e. The van der Waals surface area contributed by atoms with Crippen LogP contribution in [-0.4, -0.2) is 35.2 Å². The number of carbonyl (C=O) groups excluding carboxylic acids is 1. The Morgan fingerprint density at radius 1 is 1.25 bits per heavy atom. The normalized spacial score (nSPS) is 18.8. The van der Waals surface area contributed by atoms with Crippen molar-refractivity contribution in [3.05, 3.63) is 47.6 Å². The fourth-order valence-electron chi connectivity index (χ4n) is 2.21. The first-order valence-electron chi connectivity index (χ1n) is 6.68. The minimum absolute atomic E-state index is 0.0148. The van der Waals surface area contributed by atoms with E-state index in [1.54, 1.807) is 0 Å². The number of amides is 1. The molecule has 1 saturated heterocycles. The average Bonchev–Trinajstić information content (AvgIpc) is 2.90. The number of carbonyl (C=O) groups is 1. The lowest BCUT2D eigenvalue weighted by molar-refractivity contribution is -0.124. The molecule has 0 radical (unpaired) electrons. The molecular weight excluding hydrogens is 256 g/mol. The van der Waals surface area contributed by atoms with Gasteiger partial charge in [0.25, 0.3) is 0 Å². The number of piperazine rings is 1. The smallest absolute Gasteiger partial charge is 0.237 e. The summed E-state index contributed by atoms with van der Waals surface area (Å²) in [5.74, 6) is 1.12. The zero-order valence-corrected chi connectivity index (χ0v) is 11.0. The maximum atomic E-state index is 11.6. The molecule has 1 aliphatic rings. The van der Waals surface area contributed by atoms with E-state index in [-0.39, 0.29) is 11.9 Å². The highest BCUT2D eigenvalue weighted by Gasteiger charge is 2.24. The fraction of sp³-hybridized carbons (Fsp3) is 0.357. The average molecular weight is 272 g/mol. The summed E-state index contributed by atoms with van der Waals surface area (Å²) in [6.45, 7) is 1.43. The van der Waals surface area contributed by atoms with Crippen LogP contribution >= 0.6 is 0 Å². The molecule has 1 amide bonds. The van der Waals surface area contributed by atoms with E-state index in [9.17, 15) is 4.79 Å². The maximum absolute atomic E-state index is 11.6. The topological polar surface area (TPSA) is 80.0 Å². The Bertz CT molecular complexity index is 582. The van der Waals surface area contributed by atoms with E-state index in [1.165, 1.54) is 0 Å². The summed E-state index contributed by atoms with van der Waals surface area (Å²) in [4.78, 5) is 16.0. The van der Waals surface area contributed by atoms with Crippen LogP contribution in [0.25, 0.3) is 0 Å². The van der Waals surface area contributed by atoms with Crippen LogP contribution in [0.4, 0.5) is 0 Å². The van der Waals surface area contributed by atoms with Crippen molar-refractivity contribution in [1.82, 2.24) is 20.8 Å². The second-order valence-electron chi connectivity index (χ2n) is 4.77. The van der Waals surface area contributed by atoms with Crippen molar-refractivity contribution in [3.63, 3.8) is 0 Å². The number of benzene rings is 1. The number of rotatable bonds is 4. The number of nitrogens with zero attached hydrogens (tertiary/aromatic N) is 2. The Kier molecular flexibility index (Phi) is 3.73. The quantitative estimate of drug-likeness (QED) is 0.836. The van der Waals surface area contributed by atoms with Crippen LogP contribution in [0, 0.1) is 0 Å². The first kappa shape index (κ1) is 12.8. The van der Waals surface area contributed by atoms with Gasteiger partial charge in [-0.2, -0.15) is 4.98 Å². The summed E-state index contributed by atoms with van der Waals surface area (Å²) < 4.78 is 5.21. The van der Waals surface area contributed by atoms with E-state index < -0.39 is 0 Å². The van der Waals surface area contributed by atoms with Gasteiger partial charge in [0.15, 0.2) is 5.82 Å². The van der Waals surface area contributed by atoms with Gasteiger partial charge in [0.05, 0.1) is 12.5 Å². The molecule has 0 bridgehead atoms. The lowest BCUT2D eigenvalue weighted by Gasteiger charge is -2.21. The molecule has 2 aromatic rings. The van der Waals surface area contributed by atoms with Crippen LogP contribution < -0.4 is 10.6 Å². The molecule has 0 saturated carbocycles. The Hall–Kier alpha value is -2.21. The van der Waals surface area contributed by atoms with Crippen LogP contribution in [0.1, 0.15) is 17.3 Å². The molecule has 1 aliphatic heterocycles. The highest BCUT2D eigenvalue weighted by molar-refractivity contribution is 5.82. The van der Waals surface area contributed by atoms with E-state index in [2.05, 4.69) is 20.8 Å². The Morgan fingerprint density at radius 2 is 2.10 bits per heavy atom. The predicted molar refractivity (Wildman–Crippen MR) is 72.1 cm³/mol. The van der Waals surface area contributed by atoms with Crippen molar-refractivity contribution in [2.45, 2.75) is 18.9 Å². The van der Waals surface area contributed by atoms with Gasteiger partial charge in [-0.1, -0.05) is 35.5 Å². The van der Waals surface area contributed by atoms with Crippen molar-refractivity contribution in [1.29, 1.82) is 0 Å². The number of hydrogen-bond donors (Lipinski definition) is 2. The molecule has 6 heteroatoms. The van der Waals surface area contributed by atoms with Crippen molar-refractivity contribution < 1.29 is 9.32 Å². The largest absolute Gasteiger partial charge is 0.353 e. The standard InChI is InChI=1S/C14H16N4O2/c19-14-11(15-6-7-16-14)9-13-17-12(18-20-13)8-10-4-2-1-3-5-10/h1-5,11,15H,6-9H2,(H,16,19). The van der Waals surface area contributed by atoms with Gasteiger partial charge < -0.3 is 15.2 Å². The highest BCUT2D eigenvalue weighted by atomic mass is 16.5. The van der Waals surface area contributed by atoms with Gasteiger partial charge in [0.2, 0.25) is 11.8 Å². The number of aromatic nitrogens is 2. The molecule has 1 aromatic heterocycles. The Balaban J connectivity index is 1.63. The van der Waals surface area contributed by atoms with Gasteiger partial charge in [-0.25, -0.2) is 0 Å². The van der Waals surface area contributed by atoms with Crippen LogP contribution in [0.5, 0.6) is 0 Å². The first-order chi connectivity index (χ1) is 9.81. The van der Waals surface area contributed by atoms with Crippen molar-refractivity contribution in [2.75, 3.05) is 13.1 Å². The van der Waals surface area contributed by atoms with Crippen molar-refractivity contribution in [3.8, 4) is 0 Å². The zero-order valence-electron chi connectivity index (χ0n) is 11.0. The molecule has 1 aromatic carbocycles. The van der Waals surface area contributed by atoms with Crippen LogP contribution in [-0.2, 0) is 17.6 Å². The molecular formula is C14H16N4O2.